The van der Waals surface area contributed by atoms with Crippen molar-refractivity contribution in [2.75, 3.05) is 26.3 Å². The van der Waals surface area contributed by atoms with E-state index in [0.717, 1.165) is 24.7 Å². The van der Waals surface area contributed by atoms with Gasteiger partial charge in [-0.2, -0.15) is 0 Å². The van der Waals surface area contributed by atoms with Gasteiger partial charge in [0.1, 0.15) is 11.9 Å². The van der Waals surface area contributed by atoms with E-state index < -0.39 is 0 Å². The number of aliphatic hydroxyl groups excluding tert-OH is 1. The molecule has 1 aromatic rings. The van der Waals surface area contributed by atoms with Crippen molar-refractivity contribution in [1.82, 2.24) is 20.1 Å². The molecule has 2 heterocycles. The molecule has 2 N–H and O–H groups in total. The molecule has 1 fully saturated rings. The summed E-state index contributed by atoms with van der Waals surface area (Å²) in [5, 5.41) is 20.3. The number of aliphatic hydroxyl groups is 1. The largest absolute Gasteiger partial charge is 0.395 e. The number of nitrogens with zero attached hydrogens (tertiary/aromatic N) is 3. The van der Waals surface area contributed by atoms with Crippen molar-refractivity contribution in [1.29, 1.82) is 0 Å². The predicted molar refractivity (Wildman–Crippen MR) is 53.4 cm³/mol. The number of ether oxygens (including phenoxy) is 1. The van der Waals surface area contributed by atoms with Crippen LogP contribution in [0.5, 0.6) is 0 Å². The average molecular weight is 212 g/mol. The molecule has 2 rings (SSSR count). The zero-order chi connectivity index (χ0) is 10.7. The molecule has 0 aromatic carbocycles. The van der Waals surface area contributed by atoms with Crippen LogP contribution in [0, 0.1) is 6.92 Å². The standard InChI is InChI=1S/C9H16N4O2/c1-7-11-12-9(13(7)3-4-14)8-6-10-2-5-15-8/h8,10,14H,2-6H2,1H3. The number of aryl methyl sites for hydroxylation is 1. The molecule has 0 spiro atoms. The molecule has 6 nitrogen and oxygen atoms in total. The van der Waals surface area contributed by atoms with Crippen molar-refractivity contribution in [3.8, 4) is 0 Å². The van der Waals surface area contributed by atoms with Crippen LogP contribution in [0.3, 0.4) is 0 Å². The third kappa shape index (κ3) is 2.17. The van der Waals surface area contributed by atoms with Crippen LogP contribution in [0.4, 0.5) is 0 Å². The van der Waals surface area contributed by atoms with Crippen LogP contribution in [0.25, 0.3) is 0 Å². The van der Waals surface area contributed by atoms with Crippen LogP contribution in [0.1, 0.15) is 17.8 Å². The van der Waals surface area contributed by atoms with Crippen molar-refractivity contribution < 1.29 is 9.84 Å². The topological polar surface area (TPSA) is 72.2 Å². The first-order chi connectivity index (χ1) is 7.33. The molecule has 0 aliphatic carbocycles. The zero-order valence-corrected chi connectivity index (χ0v) is 8.81. The fourth-order valence-electron chi connectivity index (χ4n) is 1.74. The zero-order valence-electron chi connectivity index (χ0n) is 8.81. The van der Waals surface area contributed by atoms with Crippen molar-refractivity contribution in [2.45, 2.75) is 19.6 Å². The van der Waals surface area contributed by atoms with Gasteiger partial charge in [0.2, 0.25) is 0 Å². The van der Waals surface area contributed by atoms with Crippen LogP contribution in [-0.2, 0) is 11.3 Å². The number of morpholine rings is 1. The summed E-state index contributed by atoms with van der Waals surface area (Å²) < 4.78 is 7.50. The molecule has 6 heteroatoms. The van der Waals surface area contributed by atoms with Crippen LogP contribution in [0.15, 0.2) is 0 Å². The molecule has 1 unspecified atom stereocenters. The van der Waals surface area contributed by atoms with E-state index in [1.54, 1.807) is 0 Å². The Labute approximate surface area is 88.3 Å². The number of aromatic nitrogens is 3. The third-order valence-corrected chi connectivity index (χ3v) is 2.50. The lowest BCUT2D eigenvalue weighted by atomic mass is 10.3. The van der Waals surface area contributed by atoms with Gasteiger partial charge in [0.25, 0.3) is 0 Å². The van der Waals surface area contributed by atoms with E-state index in [9.17, 15) is 0 Å². The van der Waals surface area contributed by atoms with Gasteiger partial charge < -0.3 is 19.7 Å². The molecular weight excluding hydrogens is 196 g/mol. The summed E-state index contributed by atoms with van der Waals surface area (Å²) in [6, 6.07) is 0. The summed E-state index contributed by atoms with van der Waals surface area (Å²) in [7, 11) is 0. The molecule has 15 heavy (non-hydrogen) atoms. The van der Waals surface area contributed by atoms with E-state index in [1.165, 1.54) is 0 Å². The van der Waals surface area contributed by atoms with Crippen LogP contribution in [0.2, 0.25) is 0 Å². The second-order valence-corrected chi connectivity index (χ2v) is 3.54. The SMILES string of the molecule is Cc1nnc(C2CNCCO2)n1CCO. The third-order valence-electron chi connectivity index (χ3n) is 2.50. The molecule has 0 bridgehead atoms. The lowest BCUT2D eigenvalue weighted by molar-refractivity contribution is 0.0192. The number of nitrogens with one attached hydrogen (secondary N) is 1. The van der Waals surface area contributed by atoms with Crippen LogP contribution < -0.4 is 5.32 Å². The molecule has 1 atom stereocenters. The van der Waals surface area contributed by atoms with Gasteiger partial charge in [0.15, 0.2) is 5.82 Å². The summed E-state index contributed by atoms with van der Waals surface area (Å²) in [5.74, 6) is 1.61. The number of rotatable bonds is 3. The summed E-state index contributed by atoms with van der Waals surface area (Å²) in [6.45, 7) is 4.81. The Bertz CT molecular complexity index is 320. The molecule has 1 saturated heterocycles. The van der Waals surface area contributed by atoms with Gasteiger partial charge in [-0.05, 0) is 6.92 Å². The molecule has 0 amide bonds. The van der Waals surface area contributed by atoms with Crippen molar-refractivity contribution >= 4 is 0 Å². The van der Waals surface area contributed by atoms with E-state index >= 15 is 0 Å². The molecule has 0 radical (unpaired) electrons. The monoisotopic (exact) mass is 212 g/mol. The first-order valence-corrected chi connectivity index (χ1v) is 5.16. The maximum Gasteiger partial charge on any atom is 0.163 e. The Balaban J connectivity index is 2.18. The minimum Gasteiger partial charge on any atom is -0.395 e. The second kappa shape index (κ2) is 4.69. The minimum atomic E-state index is -0.0495. The molecular formula is C9H16N4O2. The van der Waals surface area contributed by atoms with Gasteiger partial charge >= 0.3 is 0 Å². The van der Waals surface area contributed by atoms with E-state index in [2.05, 4.69) is 15.5 Å². The summed E-state index contributed by atoms with van der Waals surface area (Å²) >= 11 is 0. The van der Waals surface area contributed by atoms with Gasteiger partial charge in [-0.25, -0.2) is 0 Å². The summed E-state index contributed by atoms with van der Waals surface area (Å²) in [6.07, 6.45) is -0.0495. The van der Waals surface area contributed by atoms with Gasteiger partial charge in [-0.15, -0.1) is 10.2 Å². The van der Waals surface area contributed by atoms with Gasteiger partial charge in [0.05, 0.1) is 13.2 Å². The lowest BCUT2D eigenvalue weighted by Crippen LogP contribution is -2.35. The fourth-order valence-corrected chi connectivity index (χ4v) is 1.74. The number of hydrogen-bond acceptors (Lipinski definition) is 5. The highest BCUT2D eigenvalue weighted by Crippen LogP contribution is 2.17. The maximum absolute atomic E-state index is 8.95. The quantitative estimate of drug-likeness (QED) is 0.689. The molecule has 1 aliphatic rings. The van der Waals surface area contributed by atoms with Crippen LogP contribution >= 0.6 is 0 Å². The highest BCUT2D eigenvalue weighted by Gasteiger charge is 2.22. The Kier molecular flexibility index (Phi) is 3.30. The molecule has 1 aliphatic heterocycles. The Hall–Kier alpha value is -0.980. The predicted octanol–water partition coefficient (Wildman–Crippen LogP) is -0.760. The highest BCUT2D eigenvalue weighted by atomic mass is 16.5. The Morgan fingerprint density at radius 1 is 1.60 bits per heavy atom. The first kappa shape index (κ1) is 10.5. The van der Waals surface area contributed by atoms with Gasteiger partial charge in [0, 0.05) is 19.6 Å². The minimum absolute atomic E-state index is 0.0495. The van der Waals surface area contributed by atoms with E-state index in [-0.39, 0.29) is 12.7 Å². The van der Waals surface area contributed by atoms with E-state index in [0.29, 0.717) is 13.2 Å². The number of hydrogen-bond donors (Lipinski definition) is 2. The highest BCUT2D eigenvalue weighted by molar-refractivity contribution is 4.99. The van der Waals surface area contributed by atoms with E-state index in [4.69, 9.17) is 9.84 Å². The lowest BCUT2D eigenvalue weighted by Gasteiger charge is -2.23. The van der Waals surface area contributed by atoms with Crippen molar-refractivity contribution in [3.05, 3.63) is 11.6 Å². The summed E-state index contributed by atoms with van der Waals surface area (Å²) in [4.78, 5) is 0. The molecule has 84 valence electrons. The molecule has 0 saturated carbocycles. The maximum atomic E-state index is 8.95. The normalized spacial score (nSPS) is 21.9. The summed E-state index contributed by atoms with van der Waals surface area (Å²) in [5.41, 5.74) is 0. The van der Waals surface area contributed by atoms with Gasteiger partial charge in [-0.1, -0.05) is 0 Å². The Morgan fingerprint density at radius 3 is 3.13 bits per heavy atom. The van der Waals surface area contributed by atoms with Crippen molar-refractivity contribution in [3.63, 3.8) is 0 Å². The second-order valence-electron chi connectivity index (χ2n) is 3.54. The average Bonchev–Trinajstić information content (AvgIpc) is 2.63. The van der Waals surface area contributed by atoms with E-state index in [1.807, 2.05) is 11.5 Å². The van der Waals surface area contributed by atoms with Crippen molar-refractivity contribution in [2.24, 2.45) is 0 Å². The molecule has 1 aromatic heterocycles. The van der Waals surface area contributed by atoms with Gasteiger partial charge in [-0.3, -0.25) is 0 Å². The van der Waals surface area contributed by atoms with Crippen LogP contribution in [-0.4, -0.2) is 46.2 Å². The smallest absolute Gasteiger partial charge is 0.163 e. The fraction of sp³-hybridized carbons (Fsp3) is 0.778. The Morgan fingerprint density at radius 2 is 2.47 bits per heavy atom. The first-order valence-electron chi connectivity index (χ1n) is 5.16.